The van der Waals surface area contributed by atoms with Crippen molar-refractivity contribution < 1.29 is 4.79 Å². The molecule has 1 saturated heterocycles. The third-order valence-corrected chi connectivity index (χ3v) is 5.69. The highest BCUT2D eigenvalue weighted by Gasteiger charge is 2.22. The molecule has 2 aromatic heterocycles. The fourth-order valence-corrected chi connectivity index (χ4v) is 3.79. The van der Waals surface area contributed by atoms with E-state index in [1.54, 1.807) is 18.5 Å². The summed E-state index contributed by atoms with van der Waals surface area (Å²) in [5.74, 6) is 0.0224. The zero-order valence-corrected chi connectivity index (χ0v) is 17.5. The number of likely N-dealkylation sites (tertiary alicyclic amines) is 1. The van der Waals surface area contributed by atoms with Crippen LogP contribution in [-0.4, -0.2) is 63.7 Å². The van der Waals surface area contributed by atoms with Crippen molar-refractivity contribution in [2.45, 2.75) is 18.9 Å². The van der Waals surface area contributed by atoms with E-state index in [0.717, 1.165) is 48.4 Å². The summed E-state index contributed by atoms with van der Waals surface area (Å²) in [5, 5.41) is 4.77. The van der Waals surface area contributed by atoms with Gasteiger partial charge in [-0.3, -0.25) is 9.78 Å². The van der Waals surface area contributed by atoms with Crippen LogP contribution in [0.4, 0.5) is 0 Å². The van der Waals surface area contributed by atoms with Crippen LogP contribution in [0.3, 0.4) is 0 Å². The lowest BCUT2D eigenvalue weighted by molar-refractivity contribution is -0.127. The molecule has 0 bridgehead atoms. The molecule has 0 saturated carbocycles. The minimum atomic E-state index is 0.0224. The molecular formula is C24H27N5O. The largest absolute Gasteiger partial charge is 0.339 e. The molecule has 3 aromatic rings. The average Bonchev–Trinajstić information content (AvgIpc) is 3.23. The number of piperidine rings is 1. The summed E-state index contributed by atoms with van der Waals surface area (Å²) in [6, 6.07) is 14.1. The molecule has 0 unspecified atom stereocenters. The van der Waals surface area contributed by atoms with Crippen molar-refractivity contribution in [1.82, 2.24) is 24.6 Å². The Morgan fingerprint density at radius 2 is 1.90 bits per heavy atom. The van der Waals surface area contributed by atoms with Crippen LogP contribution >= 0.6 is 0 Å². The Kier molecular flexibility index (Phi) is 6.05. The lowest BCUT2D eigenvalue weighted by Crippen LogP contribution is -2.43. The molecule has 1 aromatic carbocycles. The van der Waals surface area contributed by atoms with E-state index < -0.39 is 0 Å². The van der Waals surface area contributed by atoms with E-state index in [9.17, 15) is 4.79 Å². The molecule has 3 heterocycles. The average molecular weight is 402 g/mol. The molecule has 1 amide bonds. The summed E-state index contributed by atoms with van der Waals surface area (Å²) in [4.78, 5) is 21.2. The van der Waals surface area contributed by atoms with Crippen molar-refractivity contribution >= 4 is 12.0 Å². The number of amides is 1. The van der Waals surface area contributed by atoms with Gasteiger partial charge in [0, 0.05) is 48.9 Å². The van der Waals surface area contributed by atoms with Crippen LogP contribution in [0.15, 0.2) is 67.1 Å². The molecule has 154 valence electrons. The second-order valence-corrected chi connectivity index (χ2v) is 7.77. The Hall–Kier alpha value is -3.25. The molecule has 0 aliphatic carbocycles. The summed E-state index contributed by atoms with van der Waals surface area (Å²) < 4.78 is 1.84. The summed E-state index contributed by atoms with van der Waals surface area (Å²) in [7, 11) is 4.03. The maximum absolute atomic E-state index is 12.8. The predicted octanol–water partition coefficient (Wildman–Crippen LogP) is 3.50. The number of likely N-dealkylation sites (N-methyl/N-ethyl adjacent to an activating group) is 1. The molecule has 30 heavy (non-hydrogen) atoms. The second kappa shape index (κ2) is 9.05. The number of benzene rings is 1. The third-order valence-electron chi connectivity index (χ3n) is 5.69. The van der Waals surface area contributed by atoms with Gasteiger partial charge in [-0.15, -0.1) is 0 Å². The first-order chi connectivity index (χ1) is 14.6. The van der Waals surface area contributed by atoms with Crippen LogP contribution in [0.25, 0.3) is 23.0 Å². The molecule has 1 aliphatic rings. The molecule has 0 radical (unpaired) electrons. The van der Waals surface area contributed by atoms with Crippen molar-refractivity contribution in [2.24, 2.45) is 0 Å². The predicted molar refractivity (Wildman–Crippen MR) is 119 cm³/mol. The van der Waals surface area contributed by atoms with E-state index in [-0.39, 0.29) is 5.91 Å². The number of aromatic nitrogens is 3. The van der Waals surface area contributed by atoms with Crippen molar-refractivity contribution in [1.29, 1.82) is 0 Å². The van der Waals surface area contributed by atoms with Gasteiger partial charge in [0.15, 0.2) is 0 Å². The van der Waals surface area contributed by atoms with Gasteiger partial charge in [-0.05, 0) is 63.3 Å². The summed E-state index contributed by atoms with van der Waals surface area (Å²) in [6.45, 7) is 2.06. The number of rotatable bonds is 5. The van der Waals surface area contributed by atoms with E-state index in [4.69, 9.17) is 5.10 Å². The zero-order valence-electron chi connectivity index (χ0n) is 17.5. The van der Waals surface area contributed by atoms with Crippen molar-refractivity contribution in [2.75, 3.05) is 27.2 Å². The van der Waals surface area contributed by atoms with Gasteiger partial charge in [0.2, 0.25) is 5.91 Å². The molecule has 0 spiro atoms. The van der Waals surface area contributed by atoms with Crippen LogP contribution in [0, 0.1) is 0 Å². The van der Waals surface area contributed by atoms with E-state index in [2.05, 4.69) is 16.9 Å². The molecule has 4 rings (SSSR count). The number of carbonyl (C=O) groups excluding carboxylic acids is 1. The van der Waals surface area contributed by atoms with Gasteiger partial charge in [0.25, 0.3) is 0 Å². The van der Waals surface area contributed by atoms with E-state index >= 15 is 0 Å². The van der Waals surface area contributed by atoms with Crippen LogP contribution in [0.1, 0.15) is 18.4 Å². The minimum absolute atomic E-state index is 0.0224. The molecule has 0 atom stereocenters. The highest BCUT2D eigenvalue weighted by atomic mass is 16.2. The van der Waals surface area contributed by atoms with Crippen LogP contribution in [0.2, 0.25) is 0 Å². The van der Waals surface area contributed by atoms with E-state index in [1.165, 1.54) is 0 Å². The monoisotopic (exact) mass is 401 g/mol. The summed E-state index contributed by atoms with van der Waals surface area (Å²) >= 11 is 0. The smallest absolute Gasteiger partial charge is 0.246 e. The number of hydrogen-bond donors (Lipinski definition) is 0. The Bertz CT molecular complexity index is 1000. The number of carbonyl (C=O) groups is 1. The van der Waals surface area contributed by atoms with Crippen molar-refractivity contribution in [3.05, 3.63) is 72.7 Å². The standard InChI is InChI=1S/C24H27N5O/c1-27-15-12-21(13-16-27)28(2)23(30)11-10-20-18-29(22-8-4-3-5-9-22)26-24(20)19-7-6-14-25-17-19/h3-11,14,17-18,21H,12-13,15-16H2,1-2H3/b11-10+. The Balaban J connectivity index is 1.59. The highest BCUT2D eigenvalue weighted by Crippen LogP contribution is 2.24. The van der Waals surface area contributed by atoms with Gasteiger partial charge >= 0.3 is 0 Å². The van der Waals surface area contributed by atoms with Gasteiger partial charge in [0.05, 0.1) is 5.69 Å². The second-order valence-electron chi connectivity index (χ2n) is 7.77. The summed E-state index contributed by atoms with van der Waals surface area (Å²) in [6.07, 6.45) is 11.0. The van der Waals surface area contributed by atoms with Crippen LogP contribution < -0.4 is 0 Å². The highest BCUT2D eigenvalue weighted by molar-refractivity contribution is 5.93. The molecule has 1 fully saturated rings. The Morgan fingerprint density at radius 1 is 1.13 bits per heavy atom. The van der Waals surface area contributed by atoms with E-state index in [1.807, 2.05) is 71.4 Å². The maximum atomic E-state index is 12.8. The minimum Gasteiger partial charge on any atom is -0.339 e. The molecule has 0 N–H and O–H groups in total. The topological polar surface area (TPSA) is 54.3 Å². The number of pyridine rings is 1. The lowest BCUT2D eigenvalue weighted by atomic mass is 10.0. The Morgan fingerprint density at radius 3 is 2.60 bits per heavy atom. The van der Waals surface area contributed by atoms with Crippen LogP contribution in [0.5, 0.6) is 0 Å². The van der Waals surface area contributed by atoms with Gasteiger partial charge in [-0.1, -0.05) is 18.2 Å². The van der Waals surface area contributed by atoms with Crippen molar-refractivity contribution in [3.63, 3.8) is 0 Å². The normalized spacial score (nSPS) is 15.5. The number of hydrogen-bond acceptors (Lipinski definition) is 4. The first-order valence-electron chi connectivity index (χ1n) is 10.3. The molecular weight excluding hydrogens is 374 g/mol. The zero-order chi connectivity index (χ0) is 20.9. The number of para-hydroxylation sites is 1. The SMILES string of the molecule is CN1CCC(N(C)C(=O)/C=C/c2cn(-c3ccccc3)nc2-c2cccnc2)CC1. The maximum Gasteiger partial charge on any atom is 0.246 e. The fraction of sp³-hybridized carbons (Fsp3) is 0.292. The molecule has 1 aliphatic heterocycles. The lowest BCUT2D eigenvalue weighted by Gasteiger charge is -2.34. The van der Waals surface area contributed by atoms with Gasteiger partial charge in [-0.2, -0.15) is 5.10 Å². The first-order valence-corrected chi connectivity index (χ1v) is 10.3. The van der Waals surface area contributed by atoms with Crippen molar-refractivity contribution in [3.8, 4) is 16.9 Å². The fourth-order valence-electron chi connectivity index (χ4n) is 3.79. The molecule has 6 heteroatoms. The van der Waals surface area contributed by atoms with Gasteiger partial charge in [0.1, 0.15) is 5.69 Å². The van der Waals surface area contributed by atoms with Crippen LogP contribution in [-0.2, 0) is 4.79 Å². The Labute approximate surface area is 177 Å². The van der Waals surface area contributed by atoms with E-state index in [0.29, 0.717) is 6.04 Å². The van der Waals surface area contributed by atoms with Gasteiger partial charge < -0.3 is 9.80 Å². The third kappa shape index (κ3) is 4.49. The van der Waals surface area contributed by atoms with Gasteiger partial charge in [-0.25, -0.2) is 4.68 Å². The quantitative estimate of drug-likeness (QED) is 0.614. The molecule has 6 nitrogen and oxygen atoms in total. The number of nitrogens with zero attached hydrogens (tertiary/aromatic N) is 5. The first kappa shape index (κ1) is 20.0. The summed E-state index contributed by atoms with van der Waals surface area (Å²) in [5.41, 5.74) is 3.58.